The third-order valence-corrected chi connectivity index (χ3v) is 4.01. The van der Waals surface area contributed by atoms with Gasteiger partial charge in [-0.2, -0.15) is 13.2 Å². The van der Waals surface area contributed by atoms with Crippen LogP contribution in [0, 0.1) is 11.8 Å². The van der Waals surface area contributed by atoms with Gasteiger partial charge in [0, 0.05) is 0 Å². The van der Waals surface area contributed by atoms with Crippen LogP contribution in [0.2, 0.25) is 0 Å². The number of rotatable bonds is 3. The maximum Gasteiger partial charge on any atom is 0.391 e. The van der Waals surface area contributed by atoms with Crippen molar-refractivity contribution >= 4 is 0 Å². The van der Waals surface area contributed by atoms with Crippen LogP contribution in [0.1, 0.15) is 31.2 Å². The van der Waals surface area contributed by atoms with E-state index in [2.05, 4.69) is 0 Å². The molecular weight excluding hydrogens is 253 g/mol. The van der Waals surface area contributed by atoms with E-state index in [1.807, 2.05) is 30.3 Å². The zero-order valence-electron chi connectivity index (χ0n) is 10.7. The van der Waals surface area contributed by atoms with Crippen molar-refractivity contribution in [3.63, 3.8) is 0 Å². The maximum atomic E-state index is 12.7. The molecule has 3 atom stereocenters. The molecule has 106 valence electrons. The molecule has 1 aliphatic rings. The van der Waals surface area contributed by atoms with E-state index in [0.29, 0.717) is 19.3 Å². The third kappa shape index (κ3) is 3.96. The molecule has 0 bridgehead atoms. The van der Waals surface area contributed by atoms with Gasteiger partial charge in [0.25, 0.3) is 0 Å². The average molecular weight is 272 g/mol. The fourth-order valence-corrected chi connectivity index (χ4v) is 2.90. The molecule has 2 rings (SSSR count). The standard InChI is InChI=1S/C15H19F3O/c16-15(17,18)13-8-4-7-12(10-13)14(19)9-11-5-2-1-3-6-11/h1-3,5-6,12-14,19H,4,7-10H2. The van der Waals surface area contributed by atoms with Gasteiger partial charge in [-0.25, -0.2) is 0 Å². The van der Waals surface area contributed by atoms with Crippen molar-refractivity contribution < 1.29 is 18.3 Å². The lowest BCUT2D eigenvalue weighted by Crippen LogP contribution is -2.34. The van der Waals surface area contributed by atoms with Crippen molar-refractivity contribution in [2.45, 2.75) is 44.4 Å². The molecule has 0 saturated heterocycles. The summed E-state index contributed by atoms with van der Waals surface area (Å²) in [4.78, 5) is 0. The number of aliphatic hydroxyl groups is 1. The Labute approximate surface area is 111 Å². The Bertz CT molecular complexity index is 388. The first kappa shape index (κ1) is 14.4. The predicted molar refractivity (Wildman–Crippen MR) is 67.7 cm³/mol. The summed E-state index contributed by atoms with van der Waals surface area (Å²) in [5.74, 6) is -1.47. The van der Waals surface area contributed by atoms with Crippen molar-refractivity contribution in [2.75, 3.05) is 0 Å². The van der Waals surface area contributed by atoms with Gasteiger partial charge < -0.3 is 5.11 Å². The molecule has 1 saturated carbocycles. The quantitative estimate of drug-likeness (QED) is 0.883. The first-order chi connectivity index (χ1) is 8.97. The van der Waals surface area contributed by atoms with E-state index in [1.165, 1.54) is 0 Å². The van der Waals surface area contributed by atoms with Crippen molar-refractivity contribution in [3.05, 3.63) is 35.9 Å². The molecule has 1 fully saturated rings. The lowest BCUT2D eigenvalue weighted by atomic mass is 9.77. The highest BCUT2D eigenvalue weighted by molar-refractivity contribution is 5.15. The molecule has 0 aromatic heterocycles. The number of benzene rings is 1. The lowest BCUT2D eigenvalue weighted by Gasteiger charge is -2.33. The Morgan fingerprint density at radius 1 is 1.16 bits per heavy atom. The van der Waals surface area contributed by atoms with Crippen molar-refractivity contribution in [2.24, 2.45) is 11.8 Å². The summed E-state index contributed by atoms with van der Waals surface area (Å²) in [5, 5.41) is 10.1. The largest absolute Gasteiger partial charge is 0.392 e. The third-order valence-electron chi connectivity index (χ3n) is 4.01. The van der Waals surface area contributed by atoms with Crippen LogP contribution >= 0.6 is 0 Å². The molecule has 3 unspecified atom stereocenters. The van der Waals surface area contributed by atoms with Crippen LogP contribution in [0.4, 0.5) is 13.2 Å². The van der Waals surface area contributed by atoms with Gasteiger partial charge in [-0.15, -0.1) is 0 Å². The van der Waals surface area contributed by atoms with Crippen molar-refractivity contribution in [1.82, 2.24) is 0 Å². The van der Waals surface area contributed by atoms with Crippen LogP contribution < -0.4 is 0 Å². The minimum atomic E-state index is -4.12. The van der Waals surface area contributed by atoms with Gasteiger partial charge in [-0.3, -0.25) is 0 Å². The zero-order chi connectivity index (χ0) is 13.9. The molecule has 1 aromatic rings. The number of halogens is 3. The molecule has 0 radical (unpaired) electrons. The first-order valence-electron chi connectivity index (χ1n) is 6.75. The maximum absolute atomic E-state index is 12.7. The van der Waals surface area contributed by atoms with Crippen LogP contribution in [0.15, 0.2) is 30.3 Å². The topological polar surface area (TPSA) is 20.2 Å². The Kier molecular flexibility index (Phi) is 4.50. The fourth-order valence-electron chi connectivity index (χ4n) is 2.90. The Morgan fingerprint density at radius 2 is 1.84 bits per heavy atom. The minimum absolute atomic E-state index is 0.0670. The van der Waals surface area contributed by atoms with E-state index in [0.717, 1.165) is 5.56 Å². The highest BCUT2D eigenvalue weighted by Gasteiger charge is 2.43. The highest BCUT2D eigenvalue weighted by Crippen LogP contribution is 2.41. The van der Waals surface area contributed by atoms with Crippen LogP contribution in [0.25, 0.3) is 0 Å². The van der Waals surface area contributed by atoms with E-state index < -0.39 is 18.2 Å². The van der Waals surface area contributed by atoms with Gasteiger partial charge >= 0.3 is 6.18 Å². The average Bonchev–Trinajstić information content (AvgIpc) is 2.39. The highest BCUT2D eigenvalue weighted by atomic mass is 19.4. The van der Waals surface area contributed by atoms with Crippen molar-refractivity contribution in [1.29, 1.82) is 0 Å². The second-order valence-corrected chi connectivity index (χ2v) is 5.42. The molecule has 1 N–H and O–H groups in total. The molecular formula is C15H19F3O. The Morgan fingerprint density at radius 3 is 2.47 bits per heavy atom. The molecule has 1 nitrogen and oxygen atoms in total. The van der Waals surface area contributed by atoms with Crippen LogP contribution in [0.5, 0.6) is 0 Å². The van der Waals surface area contributed by atoms with Gasteiger partial charge in [0.15, 0.2) is 0 Å². The van der Waals surface area contributed by atoms with E-state index in [4.69, 9.17) is 0 Å². The van der Waals surface area contributed by atoms with Gasteiger partial charge in [-0.1, -0.05) is 36.8 Å². The number of hydrogen-bond donors (Lipinski definition) is 1. The summed E-state index contributed by atoms with van der Waals surface area (Å²) in [5.41, 5.74) is 0.976. The zero-order valence-corrected chi connectivity index (χ0v) is 10.7. The Balaban J connectivity index is 1.94. The fraction of sp³-hybridized carbons (Fsp3) is 0.600. The monoisotopic (exact) mass is 272 g/mol. The number of alkyl halides is 3. The summed E-state index contributed by atoms with van der Waals surface area (Å²) in [6.45, 7) is 0. The molecule has 0 aliphatic heterocycles. The van der Waals surface area contributed by atoms with Crippen molar-refractivity contribution in [3.8, 4) is 0 Å². The van der Waals surface area contributed by atoms with E-state index >= 15 is 0 Å². The normalized spacial score (nSPS) is 26.1. The van der Waals surface area contributed by atoms with Crippen LogP contribution in [-0.4, -0.2) is 17.4 Å². The van der Waals surface area contributed by atoms with Crippen LogP contribution in [-0.2, 0) is 6.42 Å². The second kappa shape index (κ2) is 5.95. The van der Waals surface area contributed by atoms with Gasteiger partial charge in [-0.05, 0) is 37.2 Å². The molecule has 1 aliphatic carbocycles. The van der Waals surface area contributed by atoms with Gasteiger partial charge in [0.1, 0.15) is 0 Å². The van der Waals surface area contributed by atoms with E-state index in [-0.39, 0.29) is 18.8 Å². The predicted octanol–water partition coefficient (Wildman–Crippen LogP) is 3.96. The van der Waals surface area contributed by atoms with Gasteiger partial charge in [0.05, 0.1) is 12.0 Å². The molecule has 1 aromatic carbocycles. The number of hydrogen-bond acceptors (Lipinski definition) is 1. The molecule has 0 heterocycles. The lowest BCUT2D eigenvalue weighted by molar-refractivity contribution is -0.188. The first-order valence-corrected chi connectivity index (χ1v) is 6.75. The smallest absolute Gasteiger partial charge is 0.391 e. The second-order valence-electron chi connectivity index (χ2n) is 5.42. The molecule has 0 amide bonds. The Hall–Kier alpha value is -1.03. The summed E-state index contributed by atoms with van der Waals surface area (Å²) in [6.07, 6.45) is -2.83. The molecule has 19 heavy (non-hydrogen) atoms. The molecule has 0 spiro atoms. The summed E-state index contributed by atoms with van der Waals surface area (Å²) in [6, 6.07) is 9.43. The summed E-state index contributed by atoms with van der Waals surface area (Å²) >= 11 is 0. The van der Waals surface area contributed by atoms with Crippen LogP contribution in [0.3, 0.4) is 0 Å². The van der Waals surface area contributed by atoms with Gasteiger partial charge in [0.2, 0.25) is 0 Å². The SMILES string of the molecule is OC(Cc1ccccc1)C1CCCC(C(F)(F)F)C1. The summed E-state index contributed by atoms with van der Waals surface area (Å²) in [7, 11) is 0. The minimum Gasteiger partial charge on any atom is -0.392 e. The summed E-state index contributed by atoms with van der Waals surface area (Å²) < 4.78 is 38.2. The van der Waals surface area contributed by atoms with E-state index in [9.17, 15) is 18.3 Å². The molecule has 4 heteroatoms. The van der Waals surface area contributed by atoms with E-state index in [1.54, 1.807) is 0 Å². The number of aliphatic hydroxyl groups excluding tert-OH is 1.